The molecule has 0 radical (unpaired) electrons. The second-order valence-electron chi connectivity index (χ2n) is 5.93. The summed E-state index contributed by atoms with van der Waals surface area (Å²) in [6.45, 7) is 3.88. The van der Waals surface area contributed by atoms with Crippen molar-refractivity contribution >= 4 is 11.7 Å². The third kappa shape index (κ3) is 6.89. The van der Waals surface area contributed by atoms with Gasteiger partial charge in [-0.15, -0.1) is 0 Å². The Bertz CT molecular complexity index is 418. The second-order valence-corrected chi connectivity index (χ2v) is 5.93. The number of amides is 1. The first-order chi connectivity index (χ1) is 10.8. The van der Waals surface area contributed by atoms with E-state index < -0.39 is 0 Å². The lowest BCUT2D eigenvalue weighted by Gasteiger charge is -2.22. The van der Waals surface area contributed by atoms with Gasteiger partial charge in [0.15, 0.2) is 0 Å². The molecule has 1 aromatic heterocycles. The van der Waals surface area contributed by atoms with Crippen LogP contribution in [0.25, 0.3) is 0 Å². The first-order valence-electron chi connectivity index (χ1n) is 8.47. The van der Waals surface area contributed by atoms with Gasteiger partial charge in [0.25, 0.3) is 0 Å². The van der Waals surface area contributed by atoms with Crippen molar-refractivity contribution in [2.45, 2.75) is 38.5 Å². The standard InChI is InChI=1S/C17H28N4O/c22-17(7-6-15-8-13-18-14-9-15)21-12-4-3-11-20-16-5-1-2-10-19-16/h1-2,5,10,15,18H,3-4,6-9,11-14H2,(H,19,20)(H,21,22). The van der Waals surface area contributed by atoms with E-state index in [9.17, 15) is 4.79 Å². The Morgan fingerprint density at radius 1 is 1.23 bits per heavy atom. The van der Waals surface area contributed by atoms with E-state index in [4.69, 9.17) is 0 Å². The zero-order chi connectivity index (χ0) is 15.5. The molecule has 0 bridgehead atoms. The highest BCUT2D eigenvalue weighted by Gasteiger charge is 2.14. The summed E-state index contributed by atoms with van der Waals surface area (Å²) < 4.78 is 0. The van der Waals surface area contributed by atoms with Crippen molar-refractivity contribution in [3.8, 4) is 0 Å². The van der Waals surface area contributed by atoms with Crippen LogP contribution in [0.1, 0.15) is 38.5 Å². The highest BCUT2D eigenvalue weighted by molar-refractivity contribution is 5.75. The number of hydrogen-bond acceptors (Lipinski definition) is 4. The quantitative estimate of drug-likeness (QED) is 0.612. The Morgan fingerprint density at radius 3 is 2.82 bits per heavy atom. The Labute approximate surface area is 133 Å². The number of carbonyl (C=O) groups is 1. The van der Waals surface area contributed by atoms with Gasteiger partial charge >= 0.3 is 0 Å². The van der Waals surface area contributed by atoms with Gasteiger partial charge in [-0.25, -0.2) is 4.98 Å². The van der Waals surface area contributed by atoms with Crippen molar-refractivity contribution in [2.75, 3.05) is 31.5 Å². The molecule has 3 N–H and O–H groups in total. The van der Waals surface area contributed by atoms with E-state index in [1.54, 1.807) is 6.20 Å². The molecule has 0 aromatic carbocycles. The predicted octanol–water partition coefficient (Wildman–Crippen LogP) is 2.17. The summed E-state index contributed by atoms with van der Waals surface area (Å²) in [6, 6.07) is 5.84. The Hall–Kier alpha value is -1.62. The summed E-state index contributed by atoms with van der Waals surface area (Å²) in [6.07, 6.45) is 7.96. The first kappa shape index (κ1) is 16.7. The molecule has 0 aliphatic carbocycles. The first-order valence-corrected chi connectivity index (χ1v) is 8.47. The van der Waals surface area contributed by atoms with Crippen LogP contribution in [-0.4, -0.2) is 37.1 Å². The van der Waals surface area contributed by atoms with Crippen LogP contribution in [0.15, 0.2) is 24.4 Å². The number of unbranched alkanes of at least 4 members (excludes halogenated alkanes) is 1. The number of pyridine rings is 1. The molecule has 0 spiro atoms. The second kappa shape index (κ2) is 10.2. The number of hydrogen-bond donors (Lipinski definition) is 3. The molecule has 1 aromatic rings. The Kier molecular flexibility index (Phi) is 7.74. The minimum Gasteiger partial charge on any atom is -0.370 e. The monoisotopic (exact) mass is 304 g/mol. The Balaban J connectivity index is 1.43. The molecule has 1 fully saturated rings. The summed E-state index contributed by atoms with van der Waals surface area (Å²) in [5.41, 5.74) is 0. The van der Waals surface area contributed by atoms with E-state index >= 15 is 0 Å². The van der Waals surface area contributed by atoms with E-state index in [2.05, 4.69) is 20.9 Å². The summed E-state index contributed by atoms with van der Waals surface area (Å²) >= 11 is 0. The van der Waals surface area contributed by atoms with E-state index in [0.717, 1.165) is 57.2 Å². The van der Waals surface area contributed by atoms with E-state index in [0.29, 0.717) is 6.42 Å². The fourth-order valence-corrected chi connectivity index (χ4v) is 2.76. The maximum absolute atomic E-state index is 11.8. The van der Waals surface area contributed by atoms with Gasteiger partial charge in [0, 0.05) is 25.7 Å². The smallest absolute Gasteiger partial charge is 0.220 e. The summed E-state index contributed by atoms with van der Waals surface area (Å²) in [5.74, 6) is 1.85. The molecule has 0 atom stereocenters. The van der Waals surface area contributed by atoms with Crippen LogP contribution >= 0.6 is 0 Å². The average molecular weight is 304 g/mol. The van der Waals surface area contributed by atoms with Crippen LogP contribution in [0.4, 0.5) is 5.82 Å². The minimum atomic E-state index is 0.205. The van der Waals surface area contributed by atoms with Crippen LogP contribution in [0.3, 0.4) is 0 Å². The van der Waals surface area contributed by atoms with E-state index in [-0.39, 0.29) is 5.91 Å². The van der Waals surface area contributed by atoms with Crippen LogP contribution in [0.2, 0.25) is 0 Å². The molecule has 0 unspecified atom stereocenters. The molecule has 0 saturated carbocycles. The zero-order valence-corrected chi connectivity index (χ0v) is 13.3. The number of nitrogens with one attached hydrogen (secondary N) is 3. The maximum atomic E-state index is 11.8. The van der Waals surface area contributed by atoms with Crippen molar-refractivity contribution in [3.63, 3.8) is 0 Å². The van der Waals surface area contributed by atoms with Gasteiger partial charge in [-0.2, -0.15) is 0 Å². The zero-order valence-electron chi connectivity index (χ0n) is 13.3. The predicted molar refractivity (Wildman–Crippen MR) is 89.8 cm³/mol. The molecular formula is C17H28N4O. The third-order valence-corrected chi connectivity index (χ3v) is 4.14. The molecule has 122 valence electrons. The van der Waals surface area contributed by atoms with Crippen molar-refractivity contribution in [1.82, 2.24) is 15.6 Å². The van der Waals surface area contributed by atoms with Crippen LogP contribution < -0.4 is 16.0 Å². The fraction of sp³-hybridized carbons (Fsp3) is 0.647. The summed E-state index contributed by atoms with van der Waals surface area (Å²) in [4.78, 5) is 16.0. The normalized spacial score (nSPS) is 15.5. The van der Waals surface area contributed by atoms with Gasteiger partial charge in [-0.05, 0) is 63.2 Å². The molecule has 5 heteroatoms. The lowest BCUT2D eigenvalue weighted by atomic mass is 9.93. The van der Waals surface area contributed by atoms with Crippen LogP contribution in [-0.2, 0) is 4.79 Å². The molecule has 2 heterocycles. The highest BCUT2D eigenvalue weighted by Crippen LogP contribution is 2.17. The highest BCUT2D eigenvalue weighted by atomic mass is 16.1. The van der Waals surface area contributed by atoms with Crippen molar-refractivity contribution < 1.29 is 4.79 Å². The lowest BCUT2D eigenvalue weighted by molar-refractivity contribution is -0.121. The van der Waals surface area contributed by atoms with Crippen LogP contribution in [0, 0.1) is 5.92 Å². The van der Waals surface area contributed by atoms with Gasteiger partial charge in [-0.1, -0.05) is 6.07 Å². The summed E-state index contributed by atoms with van der Waals surface area (Å²) in [7, 11) is 0. The average Bonchev–Trinajstić information content (AvgIpc) is 2.58. The number of aromatic nitrogens is 1. The number of rotatable bonds is 9. The minimum absolute atomic E-state index is 0.205. The number of piperidine rings is 1. The summed E-state index contributed by atoms with van der Waals surface area (Å²) in [5, 5.41) is 9.65. The van der Waals surface area contributed by atoms with Gasteiger partial charge in [0.05, 0.1) is 0 Å². The van der Waals surface area contributed by atoms with Crippen LogP contribution in [0.5, 0.6) is 0 Å². The number of anilines is 1. The third-order valence-electron chi connectivity index (χ3n) is 4.14. The number of nitrogens with zero attached hydrogens (tertiary/aromatic N) is 1. The molecular weight excluding hydrogens is 276 g/mol. The van der Waals surface area contributed by atoms with E-state index in [1.807, 2.05) is 18.2 Å². The van der Waals surface area contributed by atoms with Gasteiger partial charge < -0.3 is 16.0 Å². The molecule has 22 heavy (non-hydrogen) atoms. The van der Waals surface area contributed by atoms with Gasteiger partial charge in [0.1, 0.15) is 5.82 Å². The number of carbonyl (C=O) groups excluding carboxylic acids is 1. The van der Waals surface area contributed by atoms with Crippen molar-refractivity contribution in [1.29, 1.82) is 0 Å². The molecule has 1 saturated heterocycles. The molecule has 1 aliphatic rings. The van der Waals surface area contributed by atoms with Gasteiger partial charge in [0.2, 0.25) is 5.91 Å². The molecule has 1 amide bonds. The SMILES string of the molecule is O=C(CCC1CCNCC1)NCCCCNc1ccccn1. The maximum Gasteiger partial charge on any atom is 0.220 e. The van der Waals surface area contributed by atoms with Crippen molar-refractivity contribution in [3.05, 3.63) is 24.4 Å². The topological polar surface area (TPSA) is 66.1 Å². The largest absolute Gasteiger partial charge is 0.370 e. The lowest BCUT2D eigenvalue weighted by Crippen LogP contribution is -2.29. The van der Waals surface area contributed by atoms with E-state index in [1.165, 1.54) is 12.8 Å². The fourth-order valence-electron chi connectivity index (χ4n) is 2.76. The molecule has 1 aliphatic heterocycles. The van der Waals surface area contributed by atoms with Crippen molar-refractivity contribution in [2.24, 2.45) is 5.92 Å². The molecule has 5 nitrogen and oxygen atoms in total. The molecule has 2 rings (SSSR count). The Morgan fingerprint density at radius 2 is 2.05 bits per heavy atom. The van der Waals surface area contributed by atoms with Gasteiger partial charge in [-0.3, -0.25) is 4.79 Å².